The maximum absolute atomic E-state index is 8.40. The Morgan fingerprint density at radius 2 is 0.667 bits per heavy atom. The van der Waals surface area contributed by atoms with Crippen LogP contribution in [-0.2, 0) is 17.8 Å². The van der Waals surface area contributed by atoms with Crippen molar-refractivity contribution >= 4 is 18.6 Å². The predicted molar refractivity (Wildman–Crippen MR) is 14.3 cm³/mol. The van der Waals surface area contributed by atoms with Gasteiger partial charge in [0.05, 0.1) is 0 Å². The molecule has 0 aliphatic rings. The summed E-state index contributed by atoms with van der Waals surface area (Å²) in [6.07, 6.45) is 0. The zero-order chi connectivity index (χ0) is 5.41. The first-order chi connectivity index (χ1) is 2.83. The molecule has 0 radical (unpaired) electrons. The summed E-state index contributed by atoms with van der Waals surface area (Å²) in [5, 5.41) is 0. The minimum absolute atomic E-state index is 1.42. The van der Waals surface area contributed by atoms with E-state index < -0.39 is 18.6 Å². The van der Waals surface area contributed by atoms with Gasteiger partial charge >= 0.3 is 18.6 Å². The molecule has 4 nitrogen and oxygen atoms in total. The lowest BCUT2D eigenvalue weighted by atomic mass is 15.9. The van der Waals surface area contributed by atoms with E-state index in [-0.39, 0.29) is 0 Å². The molecule has 0 aromatic carbocycles. The molecular formula is O4Si2. The van der Waals surface area contributed by atoms with Crippen molar-refractivity contribution in [2.24, 2.45) is 0 Å². The minimum Gasteiger partial charge on any atom is -0.274 e. The highest BCUT2D eigenvalue weighted by Crippen LogP contribution is 0.762. The Bertz CT molecular complexity index is 59.5. The maximum atomic E-state index is 8.40. The first-order valence-corrected chi connectivity index (χ1v) is 2.45. The molecule has 0 unspecified atom stereocenters. The van der Waals surface area contributed by atoms with E-state index in [0.29, 0.717) is 0 Å². The topological polar surface area (TPSA) is 68.3 Å². The molecule has 0 bridgehead atoms. The Hall–Kier alpha value is -0.366. The van der Waals surface area contributed by atoms with Crippen LogP contribution in [0.15, 0.2) is 0 Å². The summed E-state index contributed by atoms with van der Waals surface area (Å²) >= 11 is 0. The van der Waals surface area contributed by atoms with E-state index in [2.05, 4.69) is 0 Å². The minimum atomic E-state index is -1.42. The van der Waals surface area contributed by atoms with Crippen LogP contribution in [-0.4, -0.2) is 18.6 Å². The van der Waals surface area contributed by atoms with Gasteiger partial charge in [0.1, 0.15) is 0 Å². The van der Waals surface area contributed by atoms with Crippen molar-refractivity contribution < 1.29 is 17.8 Å². The molecule has 0 aromatic heterocycles. The second-order valence-electron chi connectivity index (χ2n) is 0.167. The van der Waals surface area contributed by atoms with Gasteiger partial charge in [-0.15, -0.1) is 0 Å². The molecule has 6 heavy (non-hydrogen) atoms. The second-order valence-corrected chi connectivity index (χ2v) is 0.500. The molecule has 6 heteroatoms. The molecular weight excluding hydrogens is 120 g/mol. The largest absolute Gasteiger partial charge is 0.549 e. The molecule has 32 valence electrons. The van der Waals surface area contributed by atoms with Crippen LogP contribution in [0, 0.1) is 0 Å². The van der Waals surface area contributed by atoms with E-state index in [9.17, 15) is 0 Å². The molecule has 0 heterocycles. The molecule has 0 spiro atoms. The molecule has 0 saturated carbocycles. The Labute approximate surface area is 37.4 Å². The fourth-order valence-corrected chi connectivity index (χ4v) is 0. The molecule has 0 aliphatic carbocycles. The standard InChI is InChI=1S/2O2Si/c2*1-3-2. The molecule has 0 atom stereocenters. The van der Waals surface area contributed by atoms with E-state index in [4.69, 9.17) is 17.8 Å². The summed E-state index contributed by atoms with van der Waals surface area (Å²) in [5.41, 5.74) is 0. The molecule has 0 saturated heterocycles. The van der Waals surface area contributed by atoms with Crippen LogP contribution in [0.25, 0.3) is 0 Å². The lowest BCUT2D eigenvalue weighted by Gasteiger charge is -0.944. The summed E-state index contributed by atoms with van der Waals surface area (Å²) in [5.74, 6) is 0. The van der Waals surface area contributed by atoms with E-state index in [1.54, 1.807) is 0 Å². The van der Waals surface area contributed by atoms with Crippen LogP contribution in [0.3, 0.4) is 0 Å². The van der Waals surface area contributed by atoms with Gasteiger partial charge in [-0.25, -0.2) is 0 Å². The molecule has 0 fully saturated rings. The van der Waals surface area contributed by atoms with Crippen LogP contribution in [0.4, 0.5) is 0 Å². The lowest BCUT2D eigenvalue weighted by molar-refractivity contribution is 0.496. The SMILES string of the molecule is O=[Si]=O.O=[Si]=O. The average molecular weight is 120 g/mol. The van der Waals surface area contributed by atoms with Gasteiger partial charge in [-0.1, -0.05) is 0 Å². The highest BCUT2D eigenvalue weighted by Gasteiger charge is 1.22. The number of hydrogen-bond donors (Lipinski definition) is 0. The van der Waals surface area contributed by atoms with Gasteiger partial charge < -0.3 is 0 Å². The van der Waals surface area contributed by atoms with Crippen molar-refractivity contribution in [3.8, 4) is 0 Å². The zero-order valence-corrected chi connectivity index (χ0v) is 4.63. The van der Waals surface area contributed by atoms with Crippen molar-refractivity contribution in [2.45, 2.75) is 0 Å². The fourth-order valence-electron chi connectivity index (χ4n) is 0. The summed E-state index contributed by atoms with van der Waals surface area (Å²) in [6.45, 7) is 0. The quantitative estimate of drug-likeness (QED) is 0.375. The summed E-state index contributed by atoms with van der Waals surface area (Å²) in [4.78, 5) is 0. The normalized spacial score (nSPS) is 2.67. The molecule has 0 rings (SSSR count). The first-order valence-electron chi connectivity index (χ1n) is 0.816. The van der Waals surface area contributed by atoms with Crippen LogP contribution >= 0.6 is 0 Å². The smallest absolute Gasteiger partial charge is 0.274 e. The van der Waals surface area contributed by atoms with Crippen LogP contribution < -0.4 is 0 Å². The number of hydrogen-bond acceptors (Lipinski definition) is 4. The van der Waals surface area contributed by atoms with Crippen LogP contribution in [0.5, 0.6) is 0 Å². The number of rotatable bonds is 0. The predicted octanol–water partition coefficient (Wildman–Crippen LogP) is -1.24. The van der Waals surface area contributed by atoms with Crippen molar-refractivity contribution in [2.75, 3.05) is 0 Å². The summed E-state index contributed by atoms with van der Waals surface area (Å²) in [7, 11) is -2.83. The third kappa shape index (κ3) is 188. The highest BCUT2D eigenvalue weighted by molar-refractivity contribution is 5.95. The van der Waals surface area contributed by atoms with E-state index in [1.165, 1.54) is 0 Å². The average Bonchev–Trinajstić information content (AvgIpc) is 1.39. The van der Waals surface area contributed by atoms with Crippen molar-refractivity contribution in [3.05, 3.63) is 0 Å². The van der Waals surface area contributed by atoms with Crippen molar-refractivity contribution in [1.82, 2.24) is 0 Å². The van der Waals surface area contributed by atoms with E-state index >= 15 is 0 Å². The lowest BCUT2D eigenvalue weighted by Crippen LogP contribution is -1.26. The maximum Gasteiger partial charge on any atom is 0.549 e. The second kappa shape index (κ2) is 22.9. The van der Waals surface area contributed by atoms with Crippen LogP contribution in [0.2, 0.25) is 0 Å². The highest BCUT2D eigenvalue weighted by atomic mass is 28.2. The van der Waals surface area contributed by atoms with Crippen molar-refractivity contribution in [3.63, 3.8) is 0 Å². The molecule has 0 amide bonds. The summed E-state index contributed by atoms with van der Waals surface area (Å²) < 4.78 is 33.6. The van der Waals surface area contributed by atoms with Gasteiger partial charge in [0, 0.05) is 0 Å². The van der Waals surface area contributed by atoms with Gasteiger partial charge in [0.25, 0.3) is 0 Å². The van der Waals surface area contributed by atoms with E-state index in [1.807, 2.05) is 0 Å². The first kappa shape index (κ1) is 9.16. The Morgan fingerprint density at radius 1 is 0.667 bits per heavy atom. The van der Waals surface area contributed by atoms with E-state index in [0.717, 1.165) is 0 Å². The molecule has 0 aliphatic heterocycles. The summed E-state index contributed by atoms with van der Waals surface area (Å²) in [6, 6.07) is 0. The van der Waals surface area contributed by atoms with Gasteiger partial charge in [0.15, 0.2) is 0 Å². The molecule has 0 N–H and O–H groups in total. The Morgan fingerprint density at radius 3 is 0.667 bits per heavy atom. The van der Waals surface area contributed by atoms with Gasteiger partial charge in [-0.3, -0.25) is 17.8 Å². The fraction of sp³-hybridized carbons (Fsp3) is 0. The Kier molecular flexibility index (Phi) is 35.0. The van der Waals surface area contributed by atoms with Gasteiger partial charge in [-0.2, -0.15) is 0 Å². The van der Waals surface area contributed by atoms with Crippen LogP contribution in [0.1, 0.15) is 0 Å². The Balaban J connectivity index is 0. The third-order valence-electron chi connectivity index (χ3n) is 0. The monoisotopic (exact) mass is 120 g/mol. The van der Waals surface area contributed by atoms with Crippen molar-refractivity contribution in [1.29, 1.82) is 0 Å². The van der Waals surface area contributed by atoms with Gasteiger partial charge in [-0.05, 0) is 0 Å². The molecule has 0 aromatic rings. The van der Waals surface area contributed by atoms with Gasteiger partial charge in [0.2, 0.25) is 0 Å². The zero-order valence-electron chi connectivity index (χ0n) is 2.63. The third-order valence-corrected chi connectivity index (χ3v) is 0.